The zero-order valence-electron chi connectivity index (χ0n) is 17.5. The highest BCUT2D eigenvalue weighted by Crippen LogP contribution is 2.30. The number of amides is 1. The summed E-state index contributed by atoms with van der Waals surface area (Å²) in [6, 6.07) is 2.34. The van der Waals surface area contributed by atoms with Crippen LogP contribution in [0.1, 0.15) is 23.2 Å². The van der Waals surface area contributed by atoms with Crippen molar-refractivity contribution < 1.29 is 18.0 Å². The van der Waals surface area contributed by atoms with Crippen molar-refractivity contribution in [1.29, 1.82) is 0 Å². The number of halogens is 3. The molecule has 0 saturated heterocycles. The predicted molar refractivity (Wildman–Crippen MR) is 113 cm³/mol. The molecule has 1 N–H and O–H groups in total. The van der Waals surface area contributed by atoms with Crippen LogP contribution in [0, 0.1) is 0 Å². The summed E-state index contributed by atoms with van der Waals surface area (Å²) in [5.74, 6) is 0.559. The van der Waals surface area contributed by atoms with Gasteiger partial charge in [0.15, 0.2) is 5.84 Å². The lowest BCUT2D eigenvalue weighted by atomic mass is 10.1. The molecule has 0 aliphatic carbocycles. The minimum Gasteiger partial charge on any atom is -0.301 e. The lowest BCUT2D eigenvalue weighted by Gasteiger charge is -2.22. The molecule has 3 aliphatic heterocycles. The first-order valence-electron chi connectivity index (χ1n) is 10.1. The van der Waals surface area contributed by atoms with E-state index in [1.165, 1.54) is 12.3 Å². The normalized spacial score (nSPS) is 19.6. The second-order valence-electron chi connectivity index (χ2n) is 7.90. The van der Waals surface area contributed by atoms with E-state index in [0.717, 1.165) is 22.9 Å². The van der Waals surface area contributed by atoms with E-state index in [0.29, 0.717) is 36.6 Å². The SMILES string of the molecule is CN1CC2=C3C(=NC=CN3C(=O)C2)C(=NCc2cnn(Cc3ccc(C(F)(F)F)nc3)c2)N1. The number of alkyl halides is 3. The van der Waals surface area contributed by atoms with Crippen molar-refractivity contribution in [3.63, 3.8) is 0 Å². The van der Waals surface area contributed by atoms with E-state index in [-0.39, 0.29) is 12.5 Å². The zero-order chi connectivity index (χ0) is 23.2. The number of nitrogens with zero attached hydrogens (tertiary/aromatic N) is 7. The maximum absolute atomic E-state index is 12.7. The van der Waals surface area contributed by atoms with Crippen molar-refractivity contribution in [3.05, 3.63) is 71.2 Å². The Morgan fingerprint density at radius 2 is 2.06 bits per heavy atom. The highest BCUT2D eigenvalue weighted by atomic mass is 19.4. The van der Waals surface area contributed by atoms with E-state index < -0.39 is 11.9 Å². The van der Waals surface area contributed by atoms with Gasteiger partial charge < -0.3 is 5.43 Å². The Bertz CT molecular complexity index is 1220. The molecule has 12 heteroatoms. The maximum atomic E-state index is 12.7. The number of hydrazine groups is 1. The Morgan fingerprint density at radius 3 is 2.82 bits per heavy atom. The number of carbonyl (C=O) groups is 1. The molecule has 3 aliphatic rings. The van der Waals surface area contributed by atoms with Gasteiger partial charge in [-0.05, 0) is 17.2 Å². The summed E-state index contributed by atoms with van der Waals surface area (Å²) in [5.41, 5.74) is 6.10. The Labute approximate surface area is 186 Å². The molecule has 1 amide bonds. The van der Waals surface area contributed by atoms with Crippen LogP contribution in [0.5, 0.6) is 0 Å². The predicted octanol–water partition coefficient (Wildman–Crippen LogP) is 2.11. The Hall–Kier alpha value is -3.80. The molecule has 0 bridgehead atoms. The van der Waals surface area contributed by atoms with Gasteiger partial charge in [0, 0.05) is 43.9 Å². The Kier molecular flexibility index (Phi) is 5.08. The molecule has 170 valence electrons. The van der Waals surface area contributed by atoms with Crippen LogP contribution in [0.25, 0.3) is 0 Å². The summed E-state index contributed by atoms with van der Waals surface area (Å²) in [6.07, 6.45) is 3.76. The molecule has 5 rings (SSSR count). The topological polar surface area (TPSA) is 91.0 Å². The summed E-state index contributed by atoms with van der Waals surface area (Å²) in [4.78, 5) is 26.5. The van der Waals surface area contributed by atoms with Crippen LogP contribution in [0.2, 0.25) is 0 Å². The average molecular weight is 456 g/mol. The maximum Gasteiger partial charge on any atom is 0.433 e. The van der Waals surface area contributed by atoms with Crippen molar-refractivity contribution >= 4 is 17.5 Å². The molecule has 0 saturated carbocycles. The van der Waals surface area contributed by atoms with Crippen LogP contribution in [0.15, 0.2) is 64.4 Å². The minimum absolute atomic E-state index is 0.0114. The Balaban J connectivity index is 1.31. The highest BCUT2D eigenvalue weighted by Gasteiger charge is 2.37. The van der Waals surface area contributed by atoms with E-state index >= 15 is 0 Å². The first-order chi connectivity index (χ1) is 15.8. The van der Waals surface area contributed by atoms with Crippen molar-refractivity contribution in [2.75, 3.05) is 13.6 Å². The van der Waals surface area contributed by atoms with Gasteiger partial charge in [0.25, 0.3) is 0 Å². The number of hydrogen-bond acceptors (Lipinski definition) is 6. The van der Waals surface area contributed by atoms with Gasteiger partial charge in [-0.15, -0.1) is 0 Å². The molecule has 2 aromatic rings. The molecule has 0 unspecified atom stereocenters. The summed E-state index contributed by atoms with van der Waals surface area (Å²) in [5, 5.41) is 6.13. The Morgan fingerprint density at radius 1 is 1.21 bits per heavy atom. The van der Waals surface area contributed by atoms with E-state index in [1.54, 1.807) is 34.4 Å². The van der Waals surface area contributed by atoms with E-state index in [9.17, 15) is 18.0 Å². The van der Waals surface area contributed by atoms with E-state index in [2.05, 4.69) is 25.5 Å². The molecular weight excluding hydrogens is 437 g/mol. The largest absolute Gasteiger partial charge is 0.433 e. The van der Waals surface area contributed by atoms with Gasteiger partial charge in [-0.3, -0.25) is 24.4 Å². The fraction of sp³-hybridized carbons (Fsp3) is 0.286. The molecule has 33 heavy (non-hydrogen) atoms. The quantitative estimate of drug-likeness (QED) is 0.761. The number of amidine groups is 1. The minimum atomic E-state index is -4.46. The molecule has 0 radical (unpaired) electrons. The number of pyridine rings is 1. The van der Waals surface area contributed by atoms with Gasteiger partial charge >= 0.3 is 6.18 Å². The standard InChI is InChI=1S/C21H19F3N8O/c1-30-12-15-6-17(33)32-5-4-25-18(19(15)32)20(29-30)27-8-14-9-28-31(11-14)10-13-2-3-16(26-7-13)21(22,23)24/h2-5,7,9,11H,6,8,10,12H2,1H3,(H,27,29). The van der Waals surface area contributed by atoms with Crippen molar-refractivity contribution in [3.8, 4) is 0 Å². The summed E-state index contributed by atoms with van der Waals surface area (Å²) >= 11 is 0. The summed E-state index contributed by atoms with van der Waals surface area (Å²) in [6.45, 7) is 1.16. The third-order valence-corrected chi connectivity index (χ3v) is 5.37. The van der Waals surface area contributed by atoms with Gasteiger partial charge in [-0.1, -0.05) is 6.07 Å². The van der Waals surface area contributed by atoms with Crippen LogP contribution in [0.4, 0.5) is 13.2 Å². The van der Waals surface area contributed by atoms with Crippen LogP contribution in [0.3, 0.4) is 0 Å². The van der Waals surface area contributed by atoms with Crippen LogP contribution < -0.4 is 5.43 Å². The monoisotopic (exact) mass is 456 g/mol. The molecule has 0 atom stereocenters. The molecule has 5 heterocycles. The lowest BCUT2D eigenvalue weighted by Crippen LogP contribution is -2.43. The molecule has 9 nitrogen and oxygen atoms in total. The van der Waals surface area contributed by atoms with E-state index in [1.807, 2.05) is 12.1 Å². The fourth-order valence-electron chi connectivity index (χ4n) is 3.91. The van der Waals surface area contributed by atoms with Crippen molar-refractivity contribution in [2.24, 2.45) is 9.98 Å². The third-order valence-electron chi connectivity index (χ3n) is 5.37. The van der Waals surface area contributed by atoms with Gasteiger partial charge in [0.2, 0.25) is 5.91 Å². The summed E-state index contributed by atoms with van der Waals surface area (Å²) < 4.78 is 39.6. The highest BCUT2D eigenvalue weighted by molar-refractivity contribution is 6.48. The molecule has 0 fully saturated rings. The number of aromatic nitrogens is 3. The van der Waals surface area contributed by atoms with E-state index in [4.69, 9.17) is 0 Å². The third kappa shape index (κ3) is 4.16. The van der Waals surface area contributed by atoms with Crippen LogP contribution >= 0.6 is 0 Å². The van der Waals surface area contributed by atoms with Gasteiger partial charge in [-0.2, -0.15) is 18.3 Å². The lowest BCUT2D eigenvalue weighted by molar-refractivity contribution is -0.141. The molecule has 2 aromatic heterocycles. The fourth-order valence-corrected chi connectivity index (χ4v) is 3.91. The number of likely N-dealkylation sites (N-methyl/N-ethyl adjacent to an activating group) is 1. The number of carbonyl (C=O) groups excluding carboxylic acids is 1. The zero-order valence-corrected chi connectivity index (χ0v) is 17.5. The van der Waals surface area contributed by atoms with Crippen molar-refractivity contribution in [2.45, 2.75) is 25.7 Å². The second kappa shape index (κ2) is 7.96. The van der Waals surface area contributed by atoms with Gasteiger partial charge in [0.05, 0.1) is 31.4 Å². The first kappa shape index (κ1) is 21.1. The molecule has 0 spiro atoms. The first-order valence-corrected chi connectivity index (χ1v) is 10.1. The number of aliphatic imine (C=N–C) groups is 2. The smallest absolute Gasteiger partial charge is 0.301 e. The van der Waals surface area contributed by atoms with Gasteiger partial charge in [0.1, 0.15) is 11.4 Å². The number of nitrogens with one attached hydrogen (secondary N) is 1. The molecule has 0 aromatic carbocycles. The van der Waals surface area contributed by atoms with Crippen LogP contribution in [-0.2, 0) is 24.1 Å². The van der Waals surface area contributed by atoms with Crippen molar-refractivity contribution in [1.82, 2.24) is 30.1 Å². The van der Waals surface area contributed by atoms with Crippen LogP contribution in [-0.4, -0.2) is 55.7 Å². The number of hydrogen-bond donors (Lipinski definition) is 1. The number of rotatable bonds is 4. The van der Waals surface area contributed by atoms with Gasteiger partial charge in [-0.25, -0.2) is 10.0 Å². The summed E-state index contributed by atoms with van der Waals surface area (Å²) in [7, 11) is 1.87. The second-order valence-corrected chi connectivity index (χ2v) is 7.90. The average Bonchev–Trinajstić information content (AvgIpc) is 3.31. The molecular formula is C21H19F3N8O.